The summed E-state index contributed by atoms with van der Waals surface area (Å²) >= 11 is 1.84. The fourth-order valence-corrected chi connectivity index (χ4v) is 2.56. The number of hydrogen-bond acceptors (Lipinski definition) is 4. The van der Waals surface area contributed by atoms with Crippen LogP contribution < -0.4 is 0 Å². The smallest absolute Gasteiger partial charge is 0.309 e. The summed E-state index contributed by atoms with van der Waals surface area (Å²) in [5.41, 5.74) is 0. The van der Waals surface area contributed by atoms with E-state index in [-0.39, 0.29) is 11.9 Å². The maximum absolute atomic E-state index is 11.3. The number of carbonyl (C=O) groups excluding carboxylic acids is 1. The van der Waals surface area contributed by atoms with Gasteiger partial charge in [-0.05, 0) is 13.1 Å². The lowest BCUT2D eigenvalue weighted by Crippen LogP contribution is -2.27. The lowest BCUT2D eigenvalue weighted by Gasteiger charge is -2.21. The SMILES string of the molecule is CCN(CC)CCSC(C)C(C)C(=O)OC. The number of esters is 1. The van der Waals surface area contributed by atoms with Gasteiger partial charge in [0.05, 0.1) is 13.0 Å². The minimum Gasteiger partial charge on any atom is -0.469 e. The van der Waals surface area contributed by atoms with E-state index >= 15 is 0 Å². The van der Waals surface area contributed by atoms with Crippen LogP contribution in [0.5, 0.6) is 0 Å². The van der Waals surface area contributed by atoms with E-state index in [1.807, 2.05) is 18.7 Å². The number of rotatable bonds is 8. The van der Waals surface area contributed by atoms with Crippen LogP contribution in [0.1, 0.15) is 27.7 Å². The molecule has 0 saturated carbocycles. The molecule has 0 heterocycles. The first-order valence-electron chi connectivity index (χ1n) is 5.98. The Balaban J connectivity index is 3.80. The fourth-order valence-electron chi connectivity index (χ4n) is 1.43. The number of carbonyl (C=O) groups is 1. The highest BCUT2D eigenvalue weighted by Crippen LogP contribution is 2.20. The van der Waals surface area contributed by atoms with Crippen molar-refractivity contribution in [3.63, 3.8) is 0 Å². The molecule has 0 rings (SSSR count). The van der Waals surface area contributed by atoms with Crippen LogP contribution in [0.2, 0.25) is 0 Å². The molecule has 4 heteroatoms. The van der Waals surface area contributed by atoms with E-state index in [0.29, 0.717) is 5.25 Å². The lowest BCUT2D eigenvalue weighted by molar-refractivity contribution is -0.144. The Hall–Kier alpha value is -0.220. The van der Waals surface area contributed by atoms with Crippen LogP contribution in [0, 0.1) is 5.92 Å². The fraction of sp³-hybridized carbons (Fsp3) is 0.917. The second kappa shape index (κ2) is 8.88. The summed E-state index contributed by atoms with van der Waals surface area (Å²) < 4.78 is 4.74. The zero-order valence-electron chi connectivity index (χ0n) is 11.2. The summed E-state index contributed by atoms with van der Waals surface area (Å²) in [6.07, 6.45) is 0. The highest BCUT2D eigenvalue weighted by Gasteiger charge is 2.20. The van der Waals surface area contributed by atoms with E-state index in [1.165, 1.54) is 7.11 Å². The monoisotopic (exact) mass is 247 g/mol. The summed E-state index contributed by atoms with van der Waals surface area (Å²) in [6, 6.07) is 0. The van der Waals surface area contributed by atoms with Crippen molar-refractivity contribution in [3.05, 3.63) is 0 Å². The number of hydrogen-bond donors (Lipinski definition) is 0. The molecular weight excluding hydrogens is 222 g/mol. The quantitative estimate of drug-likeness (QED) is 0.615. The number of methoxy groups -OCH3 is 1. The second-order valence-electron chi connectivity index (χ2n) is 3.91. The molecule has 0 aliphatic carbocycles. The van der Waals surface area contributed by atoms with Crippen molar-refractivity contribution in [2.75, 3.05) is 32.5 Å². The van der Waals surface area contributed by atoms with Crippen molar-refractivity contribution < 1.29 is 9.53 Å². The van der Waals surface area contributed by atoms with Gasteiger partial charge < -0.3 is 9.64 Å². The normalized spacial score (nSPS) is 14.9. The Bertz CT molecular complexity index is 195. The third-order valence-corrected chi connectivity index (χ3v) is 4.31. The predicted octanol–water partition coefficient (Wildman–Crippen LogP) is 2.26. The van der Waals surface area contributed by atoms with Crippen LogP contribution in [0.15, 0.2) is 0 Å². The summed E-state index contributed by atoms with van der Waals surface area (Å²) in [6.45, 7) is 11.7. The minimum absolute atomic E-state index is 0.0216. The maximum Gasteiger partial charge on any atom is 0.309 e. The van der Waals surface area contributed by atoms with Gasteiger partial charge in [-0.25, -0.2) is 0 Å². The van der Waals surface area contributed by atoms with Crippen molar-refractivity contribution in [2.45, 2.75) is 32.9 Å². The van der Waals surface area contributed by atoms with Gasteiger partial charge in [0.15, 0.2) is 0 Å². The molecule has 2 atom stereocenters. The first-order valence-corrected chi connectivity index (χ1v) is 7.03. The third-order valence-electron chi connectivity index (χ3n) is 2.96. The zero-order chi connectivity index (χ0) is 12.6. The molecule has 0 spiro atoms. The van der Waals surface area contributed by atoms with Gasteiger partial charge in [-0.2, -0.15) is 11.8 Å². The summed E-state index contributed by atoms with van der Waals surface area (Å²) in [5.74, 6) is 0.944. The van der Waals surface area contributed by atoms with E-state index in [1.54, 1.807) is 0 Å². The van der Waals surface area contributed by atoms with E-state index in [9.17, 15) is 4.79 Å². The van der Waals surface area contributed by atoms with Gasteiger partial charge >= 0.3 is 5.97 Å². The highest BCUT2D eigenvalue weighted by atomic mass is 32.2. The van der Waals surface area contributed by atoms with Crippen molar-refractivity contribution >= 4 is 17.7 Å². The average molecular weight is 247 g/mol. The van der Waals surface area contributed by atoms with Gasteiger partial charge in [0.25, 0.3) is 0 Å². The molecule has 0 aromatic rings. The maximum atomic E-state index is 11.3. The van der Waals surface area contributed by atoms with Crippen LogP contribution in [0.4, 0.5) is 0 Å². The topological polar surface area (TPSA) is 29.5 Å². The summed E-state index contributed by atoms with van der Waals surface area (Å²) in [4.78, 5) is 13.7. The van der Waals surface area contributed by atoms with Crippen LogP contribution in [-0.4, -0.2) is 48.6 Å². The number of ether oxygens (including phenoxy) is 1. The summed E-state index contributed by atoms with van der Waals surface area (Å²) in [5, 5.41) is 0.322. The van der Waals surface area contributed by atoms with E-state index in [2.05, 4.69) is 25.7 Å². The van der Waals surface area contributed by atoms with Crippen LogP contribution in [0.25, 0.3) is 0 Å². The summed E-state index contributed by atoms with van der Waals surface area (Å²) in [7, 11) is 1.45. The highest BCUT2D eigenvalue weighted by molar-refractivity contribution is 7.99. The molecule has 0 aromatic carbocycles. The molecule has 16 heavy (non-hydrogen) atoms. The Labute approximate surface area is 104 Å². The average Bonchev–Trinajstić information content (AvgIpc) is 2.32. The molecule has 0 fully saturated rings. The molecule has 0 amide bonds. The molecule has 3 nitrogen and oxygen atoms in total. The zero-order valence-corrected chi connectivity index (χ0v) is 12.0. The molecule has 0 N–H and O–H groups in total. The first kappa shape index (κ1) is 15.8. The van der Waals surface area contributed by atoms with Gasteiger partial charge in [0, 0.05) is 17.5 Å². The Morgan fingerprint density at radius 3 is 2.31 bits per heavy atom. The molecule has 0 saturated heterocycles. The molecule has 0 aromatic heterocycles. The lowest BCUT2D eigenvalue weighted by atomic mass is 10.1. The van der Waals surface area contributed by atoms with E-state index < -0.39 is 0 Å². The van der Waals surface area contributed by atoms with Gasteiger partial charge in [-0.1, -0.05) is 27.7 Å². The Kier molecular flexibility index (Phi) is 8.76. The van der Waals surface area contributed by atoms with Gasteiger partial charge in [-0.15, -0.1) is 0 Å². The van der Waals surface area contributed by atoms with E-state index in [4.69, 9.17) is 4.74 Å². The number of nitrogens with zero attached hydrogens (tertiary/aromatic N) is 1. The molecule has 0 aliphatic rings. The van der Waals surface area contributed by atoms with Crippen molar-refractivity contribution in [2.24, 2.45) is 5.92 Å². The molecule has 2 unspecified atom stereocenters. The molecule has 0 radical (unpaired) electrons. The largest absolute Gasteiger partial charge is 0.469 e. The minimum atomic E-state index is -0.108. The molecule has 0 aliphatic heterocycles. The van der Waals surface area contributed by atoms with E-state index in [0.717, 1.165) is 25.4 Å². The molecule has 0 bridgehead atoms. The van der Waals surface area contributed by atoms with Crippen LogP contribution in [-0.2, 0) is 9.53 Å². The molecular formula is C12H25NO2S. The van der Waals surface area contributed by atoms with Crippen molar-refractivity contribution in [3.8, 4) is 0 Å². The third kappa shape index (κ3) is 5.75. The Morgan fingerprint density at radius 2 is 1.88 bits per heavy atom. The van der Waals surface area contributed by atoms with Crippen molar-refractivity contribution in [1.82, 2.24) is 4.90 Å². The standard InChI is InChI=1S/C12H25NO2S/c1-6-13(7-2)8-9-16-11(4)10(3)12(14)15-5/h10-11H,6-9H2,1-5H3. The predicted molar refractivity (Wildman–Crippen MR) is 70.9 cm³/mol. The Morgan fingerprint density at radius 1 is 1.31 bits per heavy atom. The molecule has 96 valence electrons. The van der Waals surface area contributed by atoms with Crippen LogP contribution >= 0.6 is 11.8 Å². The van der Waals surface area contributed by atoms with Gasteiger partial charge in [0.1, 0.15) is 0 Å². The first-order chi connectivity index (χ1) is 7.56. The van der Waals surface area contributed by atoms with Crippen molar-refractivity contribution in [1.29, 1.82) is 0 Å². The van der Waals surface area contributed by atoms with Gasteiger partial charge in [0.2, 0.25) is 0 Å². The number of thioether (sulfide) groups is 1. The van der Waals surface area contributed by atoms with Crippen LogP contribution in [0.3, 0.4) is 0 Å². The van der Waals surface area contributed by atoms with Gasteiger partial charge in [-0.3, -0.25) is 4.79 Å². The second-order valence-corrected chi connectivity index (χ2v) is 5.40.